The maximum Gasteiger partial charge on any atom is 0.316 e. The van der Waals surface area contributed by atoms with Crippen LogP contribution >= 0.6 is 11.6 Å². The molecule has 0 bridgehead atoms. The summed E-state index contributed by atoms with van der Waals surface area (Å²) < 4.78 is 0. The molecule has 0 N–H and O–H groups in total. The fourth-order valence-corrected chi connectivity index (χ4v) is 1.51. The summed E-state index contributed by atoms with van der Waals surface area (Å²) in [6.45, 7) is 8.15. The number of hydrogen-bond acceptors (Lipinski definition) is 1. The van der Waals surface area contributed by atoms with E-state index in [1.54, 1.807) is 4.90 Å². The first kappa shape index (κ1) is 11.8. The van der Waals surface area contributed by atoms with Crippen LogP contribution in [0.5, 0.6) is 0 Å². The fourth-order valence-electron chi connectivity index (χ4n) is 1.17. The van der Waals surface area contributed by atoms with E-state index in [-0.39, 0.29) is 17.5 Å². The maximum absolute atomic E-state index is 11.0. The van der Waals surface area contributed by atoms with Crippen molar-refractivity contribution in [2.45, 2.75) is 52.6 Å². The molecule has 2 atom stereocenters. The van der Waals surface area contributed by atoms with Gasteiger partial charge in [-0.1, -0.05) is 13.8 Å². The Labute approximate surface area is 79.9 Å². The van der Waals surface area contributed by atoms with Crippen LogP contribution in [0.4, 0.5) is 4.79 Å². The number of hydrogen-bond donors (Lipinski definition) is 0. The smallest absolute Gasteiger partial charge is 0.316 e. The second kappa shape index (κ2) is 5.41. The minimum Gasteiger partial charge on any atom is -0.324 e. The van der Waals surface area contributed by atoms with Crippen molar-refractivity contribution in [3.05, 3.63) is 0 Å². The minimum atomic E-state index is -0.335. The number of amides is 1. The molecule has 0 aromatic rings. The molecular formula is C9H18ClNO. The molecule has 0 unspecified atom stereocenters. The number of rotatable bonds is 4. The Balaban J connectivity index is 4.32. The standard InChI is InChI=1S/C9H18ClNO/c1-5-7(3)11(9(10)12)8(4)6-2/h7-8H,5-6H2,1-4H3/t7-,8+. The van der Waals surface area contributed by atoms with Crippen molar-refractivity contribution in [1.29, 1.82) is 0 Å². The van der Waals surface area contributed by atoms with Crippen LogP contribution in [0.3, 0.4) is 0 Å². The molecule has 0 aromatic carbocycles. The van der Waals surface area contributed by atoms with Crippen LogP contribution in [-0.4, -0.2) is 22.3 Å². The molecule has 0 rings (SSSR count). The van der Waals surface area contributed by atoms with Crippen LogP contribution in [0.1, 0.15) is 40.5 Å². The highest BCUT2D eigenvalue weighted by atomic mass is 35.5. The number of carbonyl (C=O) groups is 1. The van der Waals surface area contributed by atoms with E-state index in [1.807, 2.05) is 13.8 Å². The van der Waals surface area contributed by atoms with E-state index in [0.717, 1.165) is 12.8 Å². The number of nitrogens with zero attached hydrogens (tertiary/aromatic N) is 1. The predicted octanol–water partition coefficient (Wildman–Crippen LogP) is 3.24. The van der Waals surface area contributed by atoms with E-state index in [4.69, 9.17) is 11.6 Å². The molecule has 12 heavy (non-hydrogen) atoms. The number of carbonyl (C=O) groups excluding carboxylic acids is 1. The van der Waals surface area contributed by atoms with Gasteiger partial charge in [0.2, 0.25) is 0 Å². The lowest BCUT2D eigenvalue weighted by atomic mass is 10.1. The monoisotopic (exact) mass is 191 g/mol. The average molecular weight is 192 g/mol. The van der Waals surface area contributed by atoms with Gasteiger partial charge in [0.05, 0.1) is 0 Å². The summed E-state index contributed by atoms with van der Waals surface area (Å²) >= 11 is 5.48. The van der Waals surface area contributed by atoms with Crippen molar-refractivity contribution >= 4 is 17.0 Å². The summed E-state index contributed by atoms with van der Waals surface area (Å²) in [7, 11) is 0. The van der Waals surface area contributed by atoms with Gasteiger partial charge in [-0.15, -0.1) is 0 Å². The molecule has 2 nitrogen and oxygen atoms in total. The van der Waals surface area contributed by atoms with Crippen molar-refractivity contribution in [1.82, 2.24) is 4.90 Å². The van der Waals surface area contributed by atoms with Crippen LogP contribution in [0.2, 0.25) is 0 Å². The summed E-state index contributed by atoms with van der Waals surface area (Å²) in [4.78, 5) is 12.8. The highest BCUT2D eigenvalue weighted by Crippen LogP contribution is 2.13. The first-order valence-electron chi connectivity index (χ1n) is 4.52. The first-order valence-corrected chi connectivity index (χ1v) is 4.90. The van der Waals surface area contributed by atoms with Crippen molar-refractivity contribution in [2.24, 2.45) is 0 Å². The summed E-state index contributed by atoms with van der Waals surface area (Å²) in [6.07, 6.45) is 1.89. The topological polar surface area (TPSA) is 20.3 Å². The van der Waals surface area contributed by atoms with Crippen molar-refractivity contribution in [2.75, 3.05) is 0 Å². The van der Waals surface area contributed by atoms with E-state index < -0.39 is 0 Å². The van der Waals surface area contributed by atoms with Crippen LogP contribution in [0, 0.1) is 0 Å². The SMILES string of the molecule is CC[C@@H](C)N(C(=O)Cl)[C@@H](C)CC. The number of halogens is 1. The van der Waals surface area contributed by atoms with Gasteiger partial charge >= 0.3 is 5.37 Å². The Bertz CT molecular complexity index is 139. The Kier molecular flexibility index (Phi) is 5.31. The molecule has 0 fully saturated rings. The maximum atomic E-state index is 11.0. The zero-order valence-corrected chi connectivity index (χ0v) is 9.06. The van der Waals surface area contributed by atoms with Gasteiger partial charge in [-0.25, -0.2) is 0 Å². The highest BCUT2D eigenvalue weighted by molar-refractivity contribution is 6.62. The molecule has 0 aliphatic heterocycles. The van der Waals surface area contributed by atoms with E-state index in [1.165, 1.54) is 0 Å². The molecule has 0 spiro atoms. The summed E-state index contributed by atoms with van der Waals surface area (Å²) in [5, 5.41) is -0.335. The molecule has 0 radical (unpaired) electrons. The predicted molar refractivity (Wildman–Crippen MR) is 52.6 cm³/mol. The van der Waals surface area contributed by atoms with Crippen LogP contribution in [-0.2, 0) is 0 Å². The molecule has 1 amide bonds. The molecule has 0 saturated carbocycles. The minimum absolute atomic E-state index is 0.241. The van der Waals surface area contributed by atoms with Crippen molar-refractivity contribution in [3.8, 4) is 0 Å². The first-order chi connectivity index (χ1) is 5.54. The third-order valence-electron chi connectivity index (χ3n) is 2.33. The van der Waals surface area contributed by atoms with Gasteiger partial charge in [0.15, 0.2) is 0 Å². The Hall–Kier alpha value is -0.240. The van der Waals surface area contributed by atoms with Gasteiger partial charge in [0.1, 0.15) is 0 Å². The third-order valence-corrected chi connectivity index (χ3v) is 2.53. The molecule has 0 aliphatic carbocycles. The third kappa shape index (κ3) is 3.02. The second-order valence-electron chi connectivity index (χ2n) is 3.17. The summed E-state index contributed by atoms with van der Waals surface area (Å²) in [5.41, 5.74) is 0. The van der Waals surface area contributed by atoms with E-state index in [9.17, 15) is 4.79 Å². The van der Waals surface area contributed by atoms with Gasteiger partial charge < -0.3 is 4.90 Å². The zero-order valence-electron chi connectivity index (χ0n) is 8.30. The van der Waals surface area contributed by atoms with Crippen molar-refractivity contribution in [3.63, 3.8) is 0 Å². The van der Waals surface area contributed by atoms with Gasteiger partial charge in [-0.2, -0.15) is 0 Å². The molecule has 0 aromatic heterocycles. The molecule has 3 heteroatoms. The summed E-state index contributed by atoms with van der Waals surface area (Å²) in [5.74, 6) is 0. The summed E-state index contributed by atoms with van der Waals surface area (Å²) in [6, 6.07) is 0.481. The Morgan fingerprint density at radius 3 is 1.75 bits per heavy atom. The largest absolute Gasteiger partial charge is 0.324 e. The Morgan fingerprint density at radius 2 is 1.58 bits per heavy atom. The molecule has 0 aliphatic rings. The Morgan fingerprint density at radius 1 is 1.25 bits per heavy atom. The quantitative estimate of drug-likeness (QED) is 0.494. The molecule has 0 saturated heterocycles. The second-order valence-corrected chi connectivity index (χ2v) is 3.50. The molecule has 72 valence electrons. The van der Waals surface area contributed by atoms with Crippen molar-refractivity contribution < 1.29 is 4.79 Å². The van der Waals surface area contributed by atoms with Gasteiger partial charge in [-0.3, -0.25) is 4.79 Å². The fraction of sp³-hybridized carbons (Fsp3) is 0.889. The molecule has 0 heterocycles. The molecular weight excluding hydrogens is 174 g/mol. The zero-order chi connectivity index (χ0) is 9.72. The normalized spacial score (nSPS) is 15.4. The van der Waals surface area contributed by atoms with Gasteiger partial charge in [0, 0.05) is 12.1 Å². The average Bonchev–Trinajstić information content (AvgIpc) is 2.03. The van der Waals surface area contributed by atoms with Gasteiger partial charge in [-0.05, 0) is 38.3 Å². The van der Waals surface area contributed by atoms with Crippen LogP contribution in [0.15, 0.2) is 0 Å². The van der Waals surface area contributed by atoms with Crippen LogP contribution < -0.4 is 0 Å². The van der Waals surface area contributed by atoms with E-state index in [2.05, 4.69) is 13.8 Å². The highest BCUT2D eigenvalue weighted by Gasteiger charge is 2.21. The van der Waals surface area contributed by atoms with Gasteiger partial charge in [0.25, 0.3) is 0 Å². The lowest BCUT2D eigenvalue weighted by Gasteiger charge is -2.31. The van der Waals surface area contributed by atoms with Crippen LogP contribution in [0.25, 0.3) is 0 Å². The van der Waals surface area contributed by atoms with E-state index >= 15 is 0 Å². The van der Waals surface area contributed by atoms with E-state index in [0.29, 0.717) is 0 Å². The lowest BCUT2D eigenvalue weighted by Crippen LogP contribution is -2.41. The lowest BCUT2D eigenvalue weighted by molar-refractivity contribution is 0.172.